The molecule has 0 rings (SSSR count). The molecule has 0 heterocycles. The zero-order chi connectivity index (χ0) is 12.5. The predicted octanol–water partition coefficient (Wildman–Crippen LogP) is 1.13. The van der Waals surface area contributed by atoms with Crippen molar-refractivity contribution in [3.8, 4) is 0 Å². The maximum Gasteiger partial charge on any atom is 0.381 e. The number of halogens is 3. The number of carbonyl (C=O) groups excluding carboxylic acids is 1. The van der Waals surface area contributed by atoms with Crippen LogP contribution in [0.15, 0.2) is 0 Å². The van der Waals surface area contributed by atoms with Gasteiger partial charge in [0.05, 0.1) is 6.61 Å². The van der Waals surface area contributed by atoms with E-state index in [4.69, 9.17) is 14.6 Å². The van der Waals surface area contributed by atoms with Gasteiger partial charge in [-0.2, -0.15) is 8.78 Å². The maximum atomic E-state index is 10.6. The SMILES string of the molecule is COCC(C)OC(C)=O.OC(F)(F)CF. The second-order valence-electron chi connectivity index (χ2n) is 2.67. The van der Waals surface area contributed by atoms with Crippen LogP contribution >= 0.6 is 0 Å². The normalized spacial score (nSPS) is 12.5. The predicted molar refractivity (Wildman–Crippen MR) is 46.2 cm³/mol. The van der Waals surface area contributed by atoms with Crippen LogP contribution in [0.3, 0.4) is 0 Å². The Labute approximate surface area is 86.0 Å². The van der Waals surface area contributed by atoms with Gasteiger partial charge in [-0.15, -0.1) is 0 Å². The summed E-state index contributed by atoms with van der Waals surface area (Å²) < 4.78 is 41.2. The molecule has 1 N–H and O–H groups in total. The molecular formula is C8H15F3O4. The highest BCUT2D eigenvalue weighted by atomic mass is 19.3. The minimum absolute atomic E-state index is 0.132. The number of hydrogen-bond acceptors (Lipinski definition) is 4. The number of ether oxygens (including phenoxy) is 2. The van der Waals surface area contributed by atoms with Gasteiger partial charge in [0.15, 0.2) is 6.67 Å². The van der Waals surface area contributed by atoms with Gasteiger partial charge in [-0.3, -0.25) is 4.79 Å². The number of methoxy groups -OCH3 is 1. The van der Waals surface area contributed by atoms with Crippen molar-refractivity contribution >= 4 is 5.97 Å². The molecule has 0 amide bonds. The van der Waals surface area contributed by atoms with Gasteiger partial charge in [0.2, 0.25) is 0 Å². The first-order valence-electron chi connectivity index (χ1n) is 4.05. The molecule has 4 nitrogen and oxygen atoms in total. The van der Waals surface area contributed by atoms with E-state index in [1.807, 2.05) is 0 Å². The third-order valence-electron chi connectivity index (χ3n) is 0.929. The van der Waals surface area contributed by atoms with Crippen molar-refractivity contribution in [3.63, 3.8) is 0 Å². The molecule has 0 saturated carbocycles. The quantitative estimate of drug-likeness (QED) is 0.738. The van der Waals surface area contributed by atoms with Crippen LogP contribution in [0, 0.1) is 0 Å². The van der Waals surface area contributed by atoms with E-state index in [2.05, 4.69) is 0 Å². The Morgan fingerprint density at radius 1 is 1.53 bits per heavy atom. The van der Waals surface area contributed by atoms with Crippen LogP contribution in [0.2, 0.25) is 0 Å². The van der Waals surface area contributed by atoms with E-state index in [9.17, 15) is 18.0 Å². The third-order valence-corrected chi connectivity index (χ3v) is 0.929. The Balaban J connectivity index is 0. The fourth-order valence-corrected chi connectivity index (χ4v) is 0.552. The maximum absolute atomic E-state index is 10.6. The third kappa shape index (κ3) is 19.5. The average molecular weight is 232 g/mol. The lowest BCUT2D eigenvalue weighted by Crippen LogP contribution is -2.17. The summed E-state index contributed by atoms with van der Waals surface area (Å²) in [6.07, 6.45) is -4.26. The molecule has 0 aromatic rings. The molecule has 0 saturated heterocycles. The largest absolute Gasteiger partial charge is 0.460 e. The van der Waals surface area contributed by atoms with E-state index in [1.165, 1.54) is 6.92 Å². The second kappa shape index (κ2) is 8.49. The van der Waals surface area contributed by atoms with E-state index < -0.39 is 12.8 Å². The number of alkyl halides is 3. The first-order chi connectivity index (χ1) is 6.72. The number of hydrogen-bond donors (Lipinski definition) is 1. The van der Waals surface area contributed by atoms with Crippen LogP contribution in [-0.4, -0.2) is 43.7 Å². The van der Waals surface area contributed by atoms with E-state index in [0.717, 1.165) is 0 Å². The van der Waals surface area contributed by atoms with Gasteiger partial charge in [-0.1, -0.05) is 0 Å². The summed E-state index contributed by atoms with van der Waals surface area (Å²) >= 11 is 0. The Kier molecular flexibility index (Phi) is 9.39. The molecule has 1 atom stereocenters. The van der Waals surface area contributed by atoms with Gasteiger partial charge in [0.1, 0.15) is 6.10 Å². The molecule has 0 aliphatic rings. The lowest BCUT2D eigenvalue weighted by Gasteiger charge is -2.08. The zero-order valence-electron chi connectivity index (χ0n) is 8.80. The molecule has 92 valence electrons. The van der Waals surface area contributed by atoms with Crippen LogP contribution < -0.4 is 0 Å². The lowest BCUT2D eigenvalue weighted by molar-refractivity contribution is -0.208. The summed E-state index contributed by atoms with van der Waals surface area (Å²) in [6, 6.07) is 0. The standard InChI is InChI=1S/C6H12O3.C2H3F3O/c1-5(4-8-3)9-6(2)7;3-1-2(4,5)6/h5H,4H2,1-3H3;6H,1H2. The summed E-state index contributed by atoms with van der Waals surface area (Å²) in [4.78, 5) is 10.3. The number of esters is 1. The highest BCUT2D eigenvalue weighted by Gasteiger charge is 2.22. The number of carbonyl (C=O) groups is 1. The molecule has 0 aliphatic heterocycles. The Morgan fingerprint density at radius 3 is 2.13 bits per heavy atom. The van der Waals surface area contributed by atoms with Crippen LogP contribution in [0.4, 0.5) is 13.2 Å². The summed E-state index contributed by atoms with van der Waals surface area (Å²) in [5.41, 5.74) is 0. The molecule has 0 radical (unpaired) electrons. The van der Waals surface area contributed by atoms with E-state index in [1.54, 1.807) is 14.0 Å². The topological polar surface area (TPSA) is 55.8 Å². The minimum atomic E-state index is -4.12. The molecule has 7 heteroatoms. The molecule has 0 spiro atoms. The molecule has 0 fully saturated rings. The summed E-state index contributed by atoms with van der Waals surface area (Å²) in [5, 5.41) is 7.12. The van der Waals surface area contributed by atoms with Crippen molar-refractivity contribution in [2.75, 3.05) is 20.4 Å². The fourth-order valence-electron chi connectivity index (χ4n) is 0.552. The first-order valence-corrected chi connectivity index (χ1v) is 4.05. The molecular weight excluding hydrogens is 217 g/mol. The highest BCUT2D eigenvalue weighted by molar-refractivity contribution is 5.66. The molecule has 1 unspecified atom stereocenters. The number of rotatable bonds is 4. The smallest absolute Gasteiger partial charge is 0.381 e. The molecule has 0 bridgehead atoms. The van der Waals surface area contributed by atoms with Gasteiger partial charge < -0.3 is 14.6 Å². The summed E-state index contributed by atoms with van der Waals surface area (Å²) in [5.74, 6) is -0.264. The van der Waals surface area contributed by atoms with Crippen LogP contribution in [0.1, 0.15) is 13.8 Å². The van der Waals surface area contributed by atoms with Gasteiger partial charge >= 0.3 is 12.1 Å². The Morgan fingerprint density at radius 2 is 1.93 bits per heavy atom. The molecule has 15 heavy (non-hydrogen) atoms. The monoisotopic (exact) mass is 232 g/mol. The van der Waals surface area contributed by atoms with Crippen molar-refractivity contribution < 1.29 is 32.5 Å². The highest BCUT2D eigenvalue weighted by Crippen LogP contribution is 2.06. The van der Waals surface area contributed by atoms with E-state index >= 15 is 0 Å². The Bertz CT molecular complexity index is 170. The van der Waals surface area contributed by atoms with E-state index in [-0.39, 0.29) is 12.1 Å². The van der Waals surface area contributed by atoms with Gasteiger partial charge in [-0.05, 0) is 6.92 Å². The molecule has 0 aromatic carbocycles. The van der Waals surface area contributed by atoms with Crippen LogP contribution in [-0.2, 0) is 14.3 Å². The van der Waals surface area contributed by atoms with Crippen molar-refractivity contribution in [2.45, 2.75) is 26.1 Å². The van der Waals surface area contributed by atoms with Crippen molar-refractivity contribution in [3.05, 3.63) is 0 Å². The van der Waals surface area contributed by atoms with Crippen molar-refractivity contribution in [2.24, 2.45) is 0 Å². The average Bonchev–Trinajstić information content (AvgIpc) is 2.03. The summed E-state index contributed by atoms with van der Waals surface area (Å²) in [6.45, 7) is 1.61. The minimum Gasteiger partial charge on any atom is -0.460 e. The van der Waals surface area contributed by atoms with Crippen LogP contribution in [0.5, 0.6) is 0 Å². The fraction of sp³-hybridized carbons (Fsp3) is 0.875. The summed E-state index contributed by atoms with van der Waals surface area (Å²) in [7, 11) is 1.57. The lowest BCUT2D eigenvalue weighted by atomic mass is 10.4. The van der Waals surface area contributed by atoms with Gasteiger partial charge in [-0.25, -0.2) is 4.39 Å². The molecule has 0 aromatic heterocycles. The first kappa shape index (κ1) is 16.6. The van der Waals surface area contributed by atoms with E-state index in [0.29, 0.717) is 6.61 Å². The van der Waals surface area contributed by atoms with Crippen molar-refractivity contribution in [1.82, 2.24) is 0 Å². The molecule has 0 aliphatic carbocycles. The zero-order valence-corrected chi connectivity index (χ0v) is 8.80. The number of aliphatic hydroxyl groups is 1. The second-order valence-corrected chi connectivity index (χ2v) is 2.67. The van der Waals surface area contributed by atoms with Gasteiger partial charge in [0.25, 0.3) is 0 Å². The Hall–Kier alpha value is -0.820. The van der Waals surface area contributed by atoms with Gasteiger partial charge in [0, 0.05) is 14.0 Å². The van der Waals surface area contributed by atoms with Crippen molar-refractivity contribution in [1.29, 1.82) is 0 Å². The van der Waals surface area contributed by atoms with Crippen LogP contribution in [0.25, 0.3) is 0 Å².